The number of carbonyl (C=O) groups is 2. The Kier molecular flexibility index (Phi) is 4.02. The molecule has 0 spiro atoms. The smallest absolute Gasteiger partial charge is 0.411 e. The van der Waals surface area contributed by atoms with Gasteiger partial charge in [-0.15, -0.1) is 0 Å². The maximum Gasteiger partial charge on any atom is 0.411 e. The normalized spacial score (nSPS) is 24.4. The Balaban J connectivity index is 2.91. The summed E-state index contributed by atoms with van der Waals surface area (Å²) in [6, 6.07) is -1.92. The van der Waals surface area contributed by atoms with Gasteiger partial charge in [0.2, 0.25) is 0 Å². The molecule has 1 amide bonds. The molecule has 0 aliphatic carbocycles. The summed E-state index contributed by atoms with van der Waals surface area (Å²) in [6.07, 6.45) is -6.12. The second kappa shape index (κ2) is 4.90. The van der Waals surface area contributed by atoms with Crippen molar-refractivity contribution < 1.29 is 32.6 Å². The number of hydrogen-bond donors (Lipinski definition) is 1. The molecular weight excluding hydrogens is 267 g/mol. The molecular formula is C11H16F3NO4. The van der Waals surface area contributed by atoms with Crippen molar-refractivity contribution >= 4 is 12.1 Å². The van der Waals surface area contributed by atoms with E-state index >= 15 is 0 Å². The van der Waals surface area contributed by atoms with Crippen molar-refractivity contribution in [1.29, 1.82) is 0 Å². The number of carbonyl (C=O) groups excluding carboxylic acids is 1. The number of nitrogens with zero attached hydrogens (tertiary/aromatic N) is 1. The van der Waals surface area contributed by atoms with E-state index < -0.39 is 42.2 Å². The van der Waals surface area contributed by atoms with Gasteiger partial charge in [-0.1, -0.05) is 0 Å². The van der Waals surface area contributed by atoms with Crippen LogP contribution < -0.4 is 0 Å². The Hall–Kier alpha value is -1.47. The van der Waals surface area contributed by atoms with Gasteiger partial charge in [0.25, 0.3) is 0 Å². The number of ether oxygens (including phenoxy) is 1. The van der Waals surface area contributed by atoms with Crippen LogP contribution in [0.3, 0.4) is 0 Å². The van der Waals surface area contributed by atoms with Crippen molar-refractivity contribution in [2.24, 2.45) is 5.92 Å². The highest BCUT2D eigenvalue weighted by atomic mass is 19.4. The zero-order valence-electron chi connectivity index (χ0n) is 10.8. The molecule has 1 aliphatic rings. The SMILES string of the molecule is CC(C)(C)OC(=O)N1CC[C@H](C(F)(F)F)[C@@H]1C(=O)O. The lowest BCUT2D eigenvalue weighted by Crippen LogP contribution is -2.48. The quantitative estimate of drug-likeness (QED) is 0.801. The minimum absolute atomic E-state index is 0.282. The van der Waals surface area contributed by atoms with Gasteiger partial charge in [0, 0.05) is 6.54 Å². The molecule has 1 heterocycles. The molecule has 1 saturated heterocycles. The molecule has 2 atom stereocenters. The summed E-state index contributed by atoms with van der Waals surface area (Å²) in [7, 11) is 0. The molecule has 1 aliphatic heterocycles. The van der Waals surface area contributed by atoms with Crippen LogP contribution in [0.2, 0.25) is 0 Å². The van der Waals surface area contributed by atoms with Gasteiger partial charge < -0.3 is 9.84 Å². The van der Waals surface area contributed by atoms with E-state index in [-0.39, 0.29) is 6.54 Å². The summed E-state index contributed by atoms with van der Waals surface area (Å²) in [5, 5.41) is 8.92. The predicted octanol–water partition coefficient (Wildman–Crippen LogP) is 2.26. The van der Waals surface area contributed by atoms with Crippen LogP contribution in [-0.2, 0) is 9.53 Å². The molecule has 0 unspecified atom stereocenters. The first-order valence-corrected chi connectivity index (χ1v) is 5.72. The highest BCUT2D eigenvalue weighted by molar-refractivity contribution is 5.81. The lowest BCUT2D eigenvalue weighted by Gasteiger charge is -2.28. The molecule has 0 bridgehead atoms. The summed E-state index contributed by atoms with van der Waals surface area (Å²) in [6.45, 7) is 4.38. The average molecular weight is 283 g/mol. The van der Waals surface area contributed by atoms with E-state index in [0.29, 0.717) is 4.90 Å². The lowest BCUT2D eigenvalue weighted by atomic mass is 10.00. The molecule has 8 heteroatoms. The van der Waals surface area contributed by atoms with Crippen LogP contribution >= 0.6 is 0 Å². The van der Waals surface area contributed by atoms with Crippen LogP contribution in [0.4, 0.5) is 18.0 Å². The van der Waals surface area contributed by atoms with Gasteiger partial charge in [-0.2, -0.15) is 13.2 Å². The molecule has 1 N–H and O–H groups in total. The van der Waals surface area contributed by atoms with Crippen LogP contribution in [0.25, 0.3) is 0 Å². The van der Waals surface area contributed by atoms with Crippen molar-refractivity contribution in [3.8, 4) is 0 Å². The van der Waals surface area contributed by atoms with Gasteiger partial charge >= 0.3 is 18.2 Å². The number of rotatable bonds is 1. The second-order valence-corrected chi connectivity index (χ2v) is 5.39. The Bertz CT molecular complexity index is 375. The van der Waals surface area contributed by atoms with Crippen molar-refractivity contribution in [3.05, 3.63) is 0 Å². The number of amides is 1. The van der Waals surface area contributed by atoms with Crippen LogP contribution in [-0.4, -0.2) is 46.4 Å². The van der Waals surface area contributed by atoms with Gasteiger partial charge in [0.05, 0.1) is 5.92 Å². The fraction of sp³-hybridized carbons (Fsp3) is 0.818. The van der Waals surface area contributed by atoms with E-state index in [0.717, 1.165) is 0 Å². The average Bonchev–Trinajstić information content (AvgIpc) is 2.57. The number of likely N-dealkylation sites (tertiary alicyclic amines) is 1. The van der Waals surface area contributed by atoms with Gasteiger partial charge in [-0.05, 0) is 27.2 Å². The molecule has 1 rings (SSSR count). The first-order chi connectivity index (χ1) is 8.43. The van der Waals surface area contributed by atoms with E-state index in [1.807, 2.05) is 0 Å². The Morgan fingerprint density at radius 2 is 1.79 bits per heavy atom. The zero-order chi connectivity index (χ0) is 15.0. The largest absolute Gasteiger partial charge is 0.480 e. The van der Waals surface area contributed by atoms with Crippen LogP contribution in [0.1, 0.15) is 27.2 Å². The standard InChI is InChI=1S/C11H16F3NO4/c1-10(2,3)19-9(18)15-5-4-6(11(12,13)14)7(15)8(16)17/h6-7H,4-5H2,1-3H3,(H,16,17)/t6-,7+/m0/s1. The molecule has 0 radical (unpaired) electrons. The number of carboxylic acid groups (broad SMARTS) is 1. The number of aliphatic carboxylic acids is 1. The summed E-state index contributed by atoms with van der Waals surface area (Å²) >= 11 is 0. The molecule has 19 heavy (non-hydrogen) atoms. The highest BCUT2D eigenvalue weighted by Crippen LogP contribution is 2.38. The Morgan fingerprint density at radius 3 is 2.16 bits per heavy atom. The summed E-state index contributed by atoms with van der Waals surface area (Å²) < 4.78 is 43.0. The van der Waals surface area contributed by atoms with E-state index in [4.69, 9.17) is 9.84 Å². The predicted molar refractivity (Wildman–Crippen MR) is 58.5 cm³/mol. The number of carboxylic acids is 1. The fourth-order valence-electron chi connectivity index (χ4n) is 1.97. The molecule has 5 nitrogen and oxygen atoms in total. The van der Waals surface area contributed by atoms with Crippen LogP contribution in [0.15, 0.2) is 0 Å². The van der Waals surface area contributed by atoms with Crippen LogP contribution in [0, 0.1) is 5.92 Å². The molecule has 0 aromatic carbocycles. The first-order valence-electron chi connectivity index (χ1n) is 5.72. The third-order valence-electron chi connectivity index (χ3n) is 2.70. The maximum absolute atomic E-state index is 12.7. The van der Waals surface area contributed by atoms with E-state index in [2.05, 4.69) is 0 Å². The summed E-state index contributed by atoms with van der Waals surface area (Å²) in [5.41, 5.74) is -0.892. The Labute approximate surface area is 108 Å². The Morgan fingerprint density at radius 1 is 1.26 bits per heavy atom. The van der Waals surface area contributed by atoms with Crippen molar-refractivity contribution in [3.63, 3.8) is 0 Å². The molecule has 0 aromatic rings. The number of hydrogen-bond acceptors (Lipinski definition) is 3. The van der Waals surface area contributed by atoms with Gasteiger partial charge in [-0.3, -0.25) is 4.90 Å². The van der Waals surface area contributed by atoms with Crippen LogP contribution in [0.5, 0.6) is 0 Å². The third-order valence-corrected chi connectivity index (χ3v) is 2.70. The maximum atomic E-state index is 12.7. The third kappa shape index (κ3) is 3.74. The number of halogens is 3. The van der Waals surface area contributed by atoms with Gasteiger partial charge in [0.15, 0.2) is 0 Å². The fourth-order valence-corrected chi connectivity index (χ4v) is 1.97. The van der Waals surface area contributed by atoms with Crippen molar-refractivity contribution in [2.75, 3.05) is 6.54 Å². The minimum atomic E-state index is -4.65. The summed E-state index contributed by atoms with van der Waals surface area (Å²) in [4.78, 5) is 23.3. The topological polar surface area (TPSA) is 66.8 Å². The van der Waals surface area contributed by atoms with E-state index in [1.54, 1.807) is 20.8 Å². The van der Waals surface area contributed by atoms with E-state index in [9.17, 15) is 22.8 Å². The first kappa shape index (κ1) is 15.6. The number of alkyl halides is 3. The van der Waals surface area contributed by atoms with Crippen molar-refractivity contribution in [2.45, 2.75) is 45.0 Å². The highest BCUT2D eigenvalue weighted by Gasteiger charge is 2.55. The van der Waals surface area contributed by atoms with Gasteiger partial charge in [0.1, 0.15) is 11.6 Å². The molecule has 110 valence electrons. The lowest BCUT2D eigenvalue weighted by molar-refractivity contribution is -0.187. The molecule has 0 aromatic heterocycles. The zero-order valence-corrected chi connectivity index (χ0v) is 10.8. The monoisotopic (exact) mass is 283 g/mol. The van der Waals surface area contributed by atoms with Gasteiger partial charge in [-0.25, -0.2) is 9.59 Å². The van der Waals surface area contributed by atoms with Crippen molar-refractivity contribution in [1.82, 2.24) is 4.90 Å². The molecule has 1 fully saturated rings. The molecule has 0 saturated carbocycles. The van der Waals surface area contributed by atoms with E-state index in [1.165, 1.54) is 0 Å². The second-order valence-electron chi connectivity index (χ2n) is 5.39. The minimum Gasteiger partial charge on any atom is -0.480 e. The summed E-state index contributed by atoms with van der Waals surface area (Å²) in [5.74, 6) is -3.73.